The van der Waals surface area contributed by atoms with E-state index in [9.17, 15) is 4.79 Å². The van der Waals surface area contributed by atoms with Crippen molar-refractivity contribution in [2.45, 2.75) is 12.5 Å². The first-order valence-electron chi connectivity index (χ1n) is 6.04. The normalized spacial score (nSPS) is 17.4. The van der Waals surface area contributed by atoms with Crippen LogP contribution in [0.4, 0.5) is 0 Å². The highest BCUT2D eigenvalue weighted by Gasteiger charge is 2.22. The molecule has 1 fully saturated rings. The third-order valence-electron chi connectivity index (χ3n) is 3.03. The van der Waals surface area contributed by atoms with E-state index in [0.29, 0.717) is 23.7 Å². The van der Waals surface area contributed by atoms with Gasteiger partial charge in [0.05, 0.1) is 13.2 Å². The van der Waals surface area contributed by atoms with E-state index in [0.717, 1.165) is 13.0 Å². The number of primary amides is 1. The van der Waals surface area contributed by atoms with Crippen molar-refractivity contribution in [2.24, 2.45) is 5.73 Å². The van der Waals surface area contributed by atoms with Crippen LogP contribution < -0.4 is 15.2 Å². The van der Waals surface area contributed by atoms with Gasteiger partial charge in [0.25, 0.3) is 0 Å². The number of para-hydroxylation sites is 1. The largest absolute Gasteiger partial charge is 0.493 e. The molecule has 102 valence electrons. The summed E-state index contributed by atoms with van der Waals surface area (Å²) in [5.41, 5.74) is 6.01. The van der Waals surface area contributed by atoms with Crippen molar-refractivity contribution in [3.8, 4) is 11.5 Å². The standard InChI is InChI=1S/C14H17NO4/c1-9(14(15)16)11-4-3-5-12(17-2)13(11)19-8-10-6-7-18-10/h3-5,10H,1,6-8H2,2H3,(H2,15,16). The zero-order chi connectivity index (χ0) is 13.8. The molecule has 1 aromatic rings. The maximum Gasteiger partial charge on any atom is 0.248 e. The molecule has 5 nitrogen and oxygen atoms in total. The second-order valence-corrected chi connectivity index (χ2v) is 4.27. The van der Waals surface area contributed by atoms with Crippen LogP contribution in [0.2, 0.25) is 0 Å². The average molecular weight is 263 g/mol. The molecular weight excluding hydrogens is 246 g/mol. The van der Waals surface area contributed by atoms with E-state index in [1.807, 2.05) is 0 Å². The fourth-order valence-electron chi connectivity index (χ4n) is 1.79. The van der Waals surface area contributed by atoms with Gasteiger partial charge < -0.3 is 19.9 Å². The van der Waals surface area contributed by atoms with E-state index in [1.54, 1.807) is 25.3 Å². The van der Waals surface area contributed by atoms with Gasteiger partial charge in [0.2, 0.25) is 5.91 Å². The second kappa shape index (κ2) is 5.75. The van der Waals surface area contributed by atoms with Crippen molar-refractivity contribution < 1.29 is 19.0 Å². The minimum atomic E-state index is -0.585. The molecular formula is C14H17NO4. The summed E-state index contributed by atoms with van der Waals surface area (Å²) in [5, 5.41) is 0. The molecule has 1 unspecified atom stereocenters. The Morgan fingerprint density at radius 3 is 2.84 bits per heavy atom. The zero-order valence-corrected chi connectivity index (χ0v) is 10.8. The molecule has 0 bridgehead atoms. The molecule has 2 rings (SSSR count). The summed E-state index contributed by atoms with van der Waals surface area (Å²) in [6, 6.07) is 5.25. The Morgan fingerprint density at radius 1 is 1.58 bits per heavy atom. The summed E-state index contributed by atoms with van der Waals surface area (Å²) in [4.78, 5) is 11.3. The molecule has 0 aromatic heterocycles. The van der Waals surface area contributed by atoms with Gasteiger partial charge in [0.15, 0.2) is 11.5 Å². The van der Waals surface area contributed by atoms with Crippen LogP contribution in [0.5, 0.6) is 11.5 Å². The summed E-state index contributed by atoms with van der Waals surface area (Å²) >= 11 is 0. The van der Waals surface area contributed by atoms with Crippen LogP contribution in [-0.2, 0) is 9.53 Å². The number of hydrogen-bond donors (Lipinski definition) is 1. The van der Waals surface area contributed by atoms with Gasteiger partial charge in [-0.25, -0.2) is 0 Å². The minimum Gasteiger partial charge on any atom is -0.493 e. The first-order valence-corrected chi connectivity index (χ1v) is 6.04. The van der Waals surface area contributed by atoms with Crippen molar-refractivity contribution in [3.05, 3.63) is 30.3 Å². The Kier molecular flexibility index (Phi) is 4.06. The molecule has 19 heavy (non-hydrogen) atoms. The van der Waals surface area contributed by atoms with Gasteiger partial charge in [-0.05, 0) is 6.07 Å². The Hall–Kier alpha value is -2.01. The summed E-state index contributed by atoms with van der Waals surface area (Å²) in [6.07, 6.45) is 1.07. The molecule has 1 aliphatic rings. The van der Waals surface area contributed by atoms with Gasteiger partial charge in [-0.15, -0.1) is 0 Å². The molecule has 1 atom stereocenters. The Labute approximate surface area is 111 Å². The first-order chi connectivity index (χ1) is 9.13. The molecule has 0 aliphatic carbocycles. The van der Waals surface area contributed by atoms with Gasteiger partial charge in [-0.3, -0.25) is 4.79 Å². The molecule has 1 heterocycles. The number of carbonyl (C=O) groups excluding carboxylic acids is 1. The summed E-state index contributed by atoms with van der Waals surface area (Å²) < 4.78 is 16.3. The number of ether oxygens (including phenoxy) is 3. The van der Waals surface area contributed by atoms with Crippen molar-refractivity contribution >= 4 is 11.5 Å². The Bertz CT molecular complexity index is 494. The summed E-state index contributed by atoms with van der Waals surface area (Å²) in [7, 11) is 1.54. The minimum absolute atomic E-state index is 0.0969. The zero-order valence-electron chi connectivity index (χ0n) is 10.8. The highest BCUT2D eigenvalue weighted by molar-refractivity contribution is 6.18. The van der Waals surface area contributed by atoms with Crippen LogP contribution in [0.15, 0.2) is 24.8 Å². The lowest BCUT2D eigenvalue weighted by Crippen LogP contribution is -2.32. The van der Waals surface area contributed by atoms with Crippen LogP contribution in [0.1, 0.15) is 12.0 Å². The van der Waals surface area contributed by atoms with E-state index < -0.39 is 5.91 Å². The van der Waals surface area contributed by atoms with Crippen molar-refractivity contribution in [2.75, 3.05) is 20.3 Å². The topological polar surface area (TPSA) is 70.8 Å². The first kappa shape index (κ1) is 13.4. The maximum absolute atomic E-state index is 11.3. The Balaban J connectivity index is 2.25. The molecule has 5 heteroatoms. The molecule has 1 saturated heterocycles. The van der Waals surface area contributed by atoms with Crippen molar-refractivity contribution in [1.29, 1.82) is 0 Å². The lowest BCUT2D eigenvalue weighted by molar-refractivity contribution is -0.112. The van der Waals surface area contributed by atoms with Crippen molar-refractivity contribution in [1.82, 2.24) is 0 Å². The third-order valence-corrected chi connectivity index (χ3v) is 3.03. The number of carbonyl (C=O) groups is 1. The van der Waals surface area contributed by atoms with Crippen LogP contribution >= 0.6 is 0 Å². The molecule has 0 spiro atoms. The average Bonchev–Trinajstić information content (AvgIpc) is 2.35. The Morgan fingerprint density at radius 2 is 2.32 bits per heavy atom. The quantitative estimate of drug-likeness (QED) is 0.787. The summed E-state index contributed by atoms with van der Waals surface area (Å²) in [5.74, 6) is 0.432. The van der Waals surface area contributed by atoms with Gasteiger partial charge in [0.1, 0.15) is 6.61 Å². The maximum atomic E-state index is 11.3. The van der Waals surface area contributed by atoms with E-state index in [2.05, 4.69) is 6.58 Å². The van der Waals surface area contributed by atoms with Crippen LogP contribution in [0.3, 0.4) is 0 Å². The number of nitrogens with two attached hydrogens (primary N) is 1. The van der Waals surface area contributed by atoms with Gasteiger partial charge in [0, 0.05) is 24.2 Å². The van der Waals surface area contributed by atoms with Gasteiger partial charge in [-0.1, -0.05) is 18.7 Å². The lowest BCUT2D eigenvalue weighted by atomic mass is 10.1. The van der Waals surface area contributed by atoms with Gasteiger partial charge >= 0.3 is 0 Å². The van der Waals surface area contributed by atoms with E-state index in [4.69, 9.17) is 19.9 Å². The molecule has 1 amide bonds. The monoisotopic (exact) mass is 263 g/mol. The number of benzene rings is 1. The molecule has 0 radical (unpaired) electrons. The molecule has 1 aromatic carbocycles. The summed E-state index contributed by atoms with van der Waals surface area (Å²) in [6.45, 7) is 4.86. The number of amides is 1. The lowest BCUT2D eigenvalue weighted by Gasteiger charge is -2.27. The third kappa shape index (κ3) is 2.88. The van der Waals surface area contributed by atoms with Crippen LogP contribution in [0, 0.1) is 0 Å². The number of rotatable bonds is 6. The van der Waals surface area contributed by atoms with E-state index >= 15 is 0 Å². The number of hydrogen-bond acceptors (Lipinski definition) is 4. The van der Waals surface area contributed by atoms with E-state index in [-0.39, 0.29) is 11.7 Å². The number of methoxy groups -OCH3 is 1. The molecule has 1 aliphatic heterocycles. The highest BCUT2D eigenvalue weighted by Crippen LogP contribution is 2.35. The predicted octanol–water partition coefficient (Wildman–Crippen LogP) is 1.36. The van der Waals surface area contributed by atoms with E-state index in [1.165, 1.54) is 0 Å². The van der Waals surface area contributed by atoms with Crippen molar-refractivity contribution in [3.63, 3.8) is 0 Å². The fourth-order valence-corrected chi connectivity index (χ4v) is 1.79. The van der Waals surface area contributed by atoms with Crippen LogP contribution in [-0.4, -0.2) is 32.3 Å². The molecule has 2 N–H and O–H groups in total. The smallest absolute Gasteiger partial charge is 0.248 e. The SMILES string of the molecule is C=C(C(N)=O)c1cccc(OC)c1OCC1CCO1. The van der Waals surface area contributed by atoms with Gasteiger partial charge in [-0.2, -0.15) is 0 Å². The van der Waals surface area contributed by atoms with Crippen LogP contribution in [0.25, 0.3) is 5.57 Å². The predicted molar refractivity (Wildman–Crippen MR) is 71.1 cm³/mol. The second-order valence-electron chi connectivity index (χ2n) is 4.27. The highest BCUT2D eigenvalue weighted by atomic mass is 16.6. The molecule has 0 saturated carbocycles. The fraction of sp³-hybridized carbons (Fsp3) is 0.357.